The number of hydrogen-bond donors (Lipinski definition) is 0. The van der Waals surface area contributed by atoms with Crippen molar-refractivity contribution < 1.29 is 18.3 Å². The lowest BCUT2D eigenvalue weighted by Gasteiger charge is -2.35. The Morgan fingerprint density at radius 3 is 0.971 bits per heavy atom. The Morgan fingerprint density at radius 1 is 0.288 bits per heavy atom. The van der Waals surface area contributed by atoms with Crippen LogP contribution in [-0.4, -0.2) is 19.9 Å². The molecule has 10 aromatic carbocycles. The molecule has 0 bridgehead atoms. The molecule has 18 aromatic rings. The third kappa shape index (κ3) is 19.0. The van der Waals surface area contributed by atoms with Crippen molar-refractivity contribution in [2.24, 2.45) is 49.9 Å². The summed E-state index contributed by atoms with van der Waals surface area (Å²) < 4.78 is 9.13. The molecular formula is C131H152N8+4. The number of aryl methyl sites for hydroxylation is 12. The minimum atomic E-state index is 0.0417. The van der Waals surface area contributed by atoms with Crippen LogP contribution in [0.15, 0.2) is 219 Å². The van der Waals surface area contributed by atoms with E-state index < -0.39 is 0 Å². The molecule has 0 radical (unpaired) electrons. The third-order valence-corrected chi connectivity index (χ3v) is 32.6. The lowest BCUT2D eigenvalue weighted by molar-refractivity contribution is -0.659. The summed E-state index contributed by atoms with van der Waals surface area (Å²) in [5.41, 5.74) is 37.0. The van der Waals surface area contributed by atoms with E-state index in [1.807, 2.05) is 12.4 Å². The summed E-state index contributed by atoms with van der Waals surface area (Å²) in [7, 11) is 8.67. The van der Waals surface area contributed by atoms with Gasteiger partial charge in [0, 0.05) is 96.8 Å². The summed E-state index contributed by atoms with van der Waals surface area (Å²) in [5.74, 6) is 1.91. The second-order valence-corrected chi connectivity index (χ2v) is 48.2. The van der Waals surface area contributed by atoms with Crippen molar-refractivity contribution in [2.75, 3.05) is 0 Å². The monoisotopic (exact) mass is 1840 g/mol. The second-order valence-electron chi connectivity index (χ2n) is 48.2. The van der Waals surface area contributed by atoms with Gasteiger partial charge >= 0.3 is 0 Å². The van der Waals surface area contributed by atoms with E-state index in [1.165, 1.54) is 292 Å². The average Bonchev–Trinajstić information content (AvgIpc) is 0.767. The van der Waals surface area contributed by atoms with E-state index >= 15 is 0 Å². The molecule has 0 unspecified atom stereocenters. The maximum Gasteiger partial charge on any atom is 0.220 e. The fraction of sp³-hybridized carbons (Fsp3) is 0.389. The summed E-state index contributed by atoms with van der Waals surface area (Å²) in [6, 6.07) is 68.8. The standard InChI is InChI=1S/C37H43N2.C33H37N2.C31H37N2.C30H35N2/c1-23-21-32(25-15-18-37(6,7)19-16-25)28-13-14-30-29(34(28)38-23)17-20-39(8)35(30)31-22-33(36(3,4)5)27-12-10-9-11-26(27)24(31)2;1-21-22-11-9-10-12-25(22)29(33(5,6)7)19-28(21)31-27-14-13-26-23(24(27)16-18-35(31)8)15-17-34-30(26)20-32(2,3)4;1-19-16-20(2)22(4)27(17-19)30-26-9-8-24-28(23-10-13-31(5,6)14-11-23)18-21(3)32-29(24)25(26)12-15-33(30)7;1-19-17-20(2)21(3)27(18-19)29-26-8-7-24-23(22-9-13-30(4,5)14-10-22)11-15-31-28(24)25(26)12-16-32(29)6/h9-14,17,20-22,25H,15-16,18-19H2,1-8H3;9-19H,20H2,1-8H3;8-9,12,15-18,23H,10-11,13-14H2,1-7H3;7-8,11-12,15-18,22H,9-10,13-14H2,1-6H3/q4*+1. The minimum absolute atomic E-state index is 0.0417. The number of pyridine rings is 8. The molecular weight excluding hydrogens is 1690 g/mol. The minimum Gasteiger partial charge on any atom is -0.261 e. The molecule has 0 aliphatic heterocycles. The highest BCUT2D eigenvalue weighted by atomic mass is 14.9. The predicted molar refractivity (Wildman–Crippen MR) is 591 cm³/mol. The molecule has 712 valence electrons. The molecule has 3 fully saturated rings. The zero-order valence-electron chi connectivity index (χ0n) is 89.3. The Morgan fingerprint density at radius 2 is 0.597 bits per heavy atom. The molecule has 3 saturated carbocycles. The smallest absolute Gasteiger partial charge is 0.220 e. The van der Waals surface area contributed by atoms with Crippen LogP contribution in [0.2, 0.25) is 0 Å². The first-order valence-corrected chi connectivity index (χ1v) is 51.9. The van der Waals surface area contributed by atoms with Crippen molar-refractivity contribution in [2.45, 2.75) is 285 Å². The van der Waals surface area contributed by atoms with Gasteiger partial charge in [0.25, 0.3) is 0 Å². The lowest BCUT2D eigenvalue weighted by atomic mass is 9.71. The molecule has 8 heteroatoms. The number of fused-ring (bicyclic) bond motifs is 14. The second kappa shape index (κ2) is 37.2. The molecule has 0 N–H and O–H groups in total. The van der Waals surface area contributed by atoms with Crippen LogP contribution in [0.4, 0.5) is 0 Å². The predicted octanol–water partition coefficient (Wildman–Crippen LogP) is 33.1. The van der Waals surface area contributed by atoms with E-state index in [-0.39, 0.29) is 16.2 Å². The van der Waals surface area contributed by atoms with Gasteiger partial charge in [0.1, 0.15) is 28.2 Å². The molecule has 8 nitrogen and oxygen atoms in total. The van der Waals surface area contributed by atoms with Gasteiger partial charge in [0.05, 0.1) is 60.3 Å². The van der Waals surface area contributed by atoms with E-state index in [0.29, 0.717) is 34.0 Å². The topological polar surface area (TPSA) is 67.1 Å². The highest BCUT2D eigenvalue weighted by Gasteiger charge is 2.36. The third-order valence-electron chi connectivity index (χ3n) is 32.6. The molecule has 0 amide bonds. The summed E-state index contributed by atoms with van der Waals surface area (Å²) in [5, 5.41) is 22.2. The first-order valence-electron chi connectivity index (χ1n) is 51.9. The number of rotatable bonds is 8. The first kappa shape index (κ1) is 97.2. The Hall–Kier alpha value is -12.0. The first-order chi connectivity index (χ1) is 65.8. The van der Waals surface area contributed by atoms with Crippen molar-refractivity contribution in [3.05, 3.63) is 309 Å². The SMILES string of the molecule is Cc1c(-c2c3ccc4c(CC(C)(C)C)nccc4c3cc[n+]2C)cc(C(C)(C)C)c2ccccc12.Cc1cc(C)c(C)c(-c2c3ccc4c(C5CCC(C)(C)CC5)cc(C)nc4c3cc[n+]2C)c1.Cc1cc(C)c(C)c(-c2c3ccc4c(C5CCC(C)(C)CC5)ccnc4c3cc[n+]2C)c1.Cc1cc(C2CCC(C)(C)CC2)c2ccc3c(-c4cc(C(C)(C)C)c5ccccc5c4C)[n+](C)ccc3c2n1. The maximum atomic E-state index is 5.17. The maximum absolute atomic E-state index is 5.17. The fourth-order valence-corrected chi connectivity index (χ4v) is 24.4. The molecule has 0 atom stereocenters. The van der Waals surface area contributed by atoms with Gasteiger partial charge in [-0.25, -0.2) is 18.3 Å². The molecule has 0 spiro atoms. The van der Waals surface area contributed by atoms with Gasteiger partial charge in [0.2, 0.25) is 22.8 Å². The molecule has 3 aliphatic carbocycles. The van der Waals surface area contributed by atoms with Crippen LogP contribution in [0.25, 0.3) is 153 Å². The molecule has 8 heterocycles. The Balaban J connectivity index is 0.000000123. The van der Waals surface area contributed by atoms with Crippen LogP contribution in [0.1, 0.15) is 288 Å². The fourth-order valence-electron chi connectivity index (χ4n) is 24.4. The zero-order valence-corrected chi connectivity index (χ0v) is 89.3. The molecule has 8 aromatic heterocycles. The Labute approximate surface area is 829 Å². The van der Waals surface area contributed by atoms with Crippen LogP contribution < -0.4 is 18.3 Å². The van der Waals surface area contributed by atoms with Gasteiger partial charge in [-0.1, -0.05) is 200 Å². The Bertz CT molecular complexity index is 7920. The van der Waals surface area contributed by atoms with Gasteiger partial charge < -0.3 is 0 Å². The van der Waals surface area contributed by atoms with Crippen LogP contribution in [-0.2, 0) is 45.4 Å². The van der Waals surface area contributed by atoms with Gasteiger partial charge in [-0.05, 0) is 364 Å². The summed E-state index contributed by atoms with van der Waals surface area (Å²) in [4.78, 5) is 20.0. The van der Waals surface area contributed by atoms with E-state index in [9.17, 15) is 0 Å². The largest absolute Gasteiger partial charge is 0.261 e. The number of nitrogens with zero attached hydrogens (tertiary/aromatic N) is 8. The van der Waals surface area contributed by atoms with Crippen molar-refractivity contribution in [3.8, 4) is 45.0 Å². The molecule has 0 saturated heterocycles. The Kier molecular flexibility index (Phi) is 26.0. The lowest BCUT2D eigenvalue weighted by Crippen LogP contribution is -2.31. The van der Waals surface area contributed by atoms with Gasteiger partial charge in [-0.15, -0.1) is 0 Å². The van der Waals surface area contributed by atoms with E-state index in [1.54, 1.807) is 0 Å². The van der Waals surface area contributed by atoms with Gasteiger partial charge in [-0.3, -0.25) is 19.9 Å². The summed E-state index contributed by atoms with van der Waals surface area (Å²) in [6.45, 7) is 57.5. The van der Waals surface area contributed by atoms with E-state index in [0.717, 1.165) is 34.4 Å². The van der Waals surface area contributed by atoms with Crippen LogP contribution in [0.5, 0.6) is 0 Å². The number of benzene rings is 10. The highest BCUT2D eigenvalue weighted by Crippen LogP contribution is 2.51. The number of aromatic nitrogens is 8. The van der Waals surface area contributed by atoms with Gasteiger partial charge in [-0.2, -0.15) is 0 Å². The van der Waals surface area contributed by atoms with Crippen molar-refractivity contribution in [1.82, 2.24) is 19.9 Å². The van der Waals surface area contributed by atoms with Crippen LogP contribution >= 0.6 is 0 Å². The van der Waals surface area contributed by atoms with Gasteiger partial charge in [0.15, 0.2) is 24.8 Å². The molecule has 3 aliphatic rings. The highest BCUT2D eigenvalue weighted by molar-refractivity contribution is 6.15. The summed E-state index contributed by atoms with van der Waals surface area (Å²) >= 11 is 0. The van der Waals surface area contributed by atoms with Crippen LogP contribution in [0.3, 0.4) is 0 Å². The van der Waals surface area contributed by atoms with Crippen molar-refractivity contribution in [1.29, 1.82) is 0 Å². The normalized spacial score (nSPS) is 15.6. The quantitative estimate of drug-likeness (QED) is 0.112. The van der Waals surface area contributed by atoms with E-state index in [4.69, 9.17) is 19.9 Å². The van der Waals surface area contributed by atoms with E-state index in [2.05, 4.69) is 426 Å². The average molecular weight is 1840 g/mol. The molecule has 139 heavy (non-hydrogen) atoms. The van der Waals surface area contributed by atoms with Crippen molar-refractivity contribution in [3.63, 3.8) is 0 Å². The summed E-state index contributed by atoms with van der Waals surface area (Å²) in [6.07, 6.45) is 29.3. The number of hydrogen-bond acceptors (Lipinski definition) is 4. The molecule has 21 rings (SSSR count). The van der Waals surface area contributed by atoms with Crippen LogP contribution in [0, 0.1) is 90.9 Å². The zero-order chi connectivity index (χ0) is 98.9. The van der Waals surface area contributed by atoms with Crippen molar-refractivity contribution >= 4 is 108 Å².